The maximum atomic E-state index is 12.9. The van der Waals surface area contributed by atoms with E-state index in [9.17, 15) is 19.8 Å². The zero-order chi connectivity index (χ0) is 32.8. The van der Waals surface area contributed by atoms with E-state index in [1.54, 1.807) is 0 Å². The number of aliphatic hydroxyl groups is 2. The lowest BCUT2D eigenvalue weighted by molar-refractivity contribution is -0.0638. The zero-order valence-corrected chi connectivity index (χ0v) is 28.7. The van der Waals surface area contributed by atoms with Crippen LogP contribution in [0.1, 0.15) is 112 Å². The van der Waals surface area contributed by atoms with Gasteiger partial charge in [0.1, 0.15) is 25.1 Å². The van der Waals surface area contributed by atoms with Crippen LogP contribution in [0.15, 0.2) is 16.6 Å². The summed E-state index contributed by atoms with van der Waals surface area (Å²) in [5.74, 6) is 4.81. The number of carbonyl (C=O) groups excluding carboxylic acids is 2. The van der Waals surface area contributed by atoms with Gasteiger partial charge in [-0.05, 0) is 91.3 Å². The smallest absolute Gasteiger partial charge is 0.414 e. The van der Waals surface area contributed by atoms with Crippen LogP contribution in [0.3, 0.4) is 0 Å². The van der Waals surface area contributed by atoms with Gasteiger partial charge in [0.05, 0.1) is 12.7 Å². The molecule has 0 aromatic carbocycles. The molecule has 4 N–H and O–H groups in total. The van der Waals surface area contributed by atoms with Crippen LogP contribution in [0, 0.1) is 46.3 Å². The van der Waals surface area contributed by atoms with Gasteiger partial charge in [-0.2, -0.15) is 0 Å². The standard InChI is InChI=1S/C36H58N4O6/c1-21(2)7-6-8-22(3)26-11-12-27-25-10-9-23-17-24(13-15-35(23,4)28(25)14-16-36(26,27)5)45-34(44)39-32-37-20-40(33(43)38-32)31-18-29(42)30(19-41)46-31/h9,21-22,24-31,41-42H,6-8,10-20H2,1-5H3,(H2,37,38,39,43,44)/t22-,24+,25+,26-,27+,28+,29?,30?,31?,35+,36-/m1/s1. The largest absolute Gasteiger partial charge is 0.446 e. The summed E-state index contributed by atoms with van der Waals surface area (Å²) < 4.78 is 11.5. The number of amides is 3. The number of aliphatic hydroxyl groups excluding tert-OH is 2. The Morgan fingerprint density at radius 2 is 1.98 bits per heavy atom. The van der Waals surface area contributed by atoms with Gasteiger partial charge in [-0.1, -0.05) is 65.5 Å². The summed E-state index contributed by atoms with van der Waals surface area (Å²) in [5.41, 5.74) is 2.12. The molecular weight excluding hydrogens is 584 g/mol. The van der Waals surface area contributed by atoms with Crippen molar-refractivity contribution in [1.82, 2.24) is 15.5 Å². The quantitative estimate of drug-likeness (QED) is 0.243. The molecule has 4 fully saturated rings. The van der Waals surface area contributed by atoms with Crippen LogP contribution in [0.4, 0.5) is 9.59 Å². The molecular formula is C36H58N4O6. The van der Waals surface area contributed by atoms with E-state index in [4.69, 9.17) is 9.47 Å². The highest BCUT2D eigenvalue weighted by Crippen LogP contribution is 2.67. The van der Waals surface area contributed by atoms with E-state index in [0.29, 0.717) is 11.3 Å². The highest BCUT2D eigenvalue weighted by atomic mass is 16.6. The number of carbonyl (C=O) groups is 2. The van der Waals surface area contributed by atoms with Gasteiger partial charge in [-0.15, -0.1) is 0 Å². The van der Waals surface area contributed by atoms with E-state index in [1.165, 1.54) is 55.4 Å². The molecule has 6 aliphatic rings. The topological polar surface area (TPSA) is 133 Å². The molecule has 10 heteroatoms. The van der Waals surface area contributed by atoms with Crippen molar-refractivity contribution in [2.45, 2.75) is 136 Å². The first kappa shape index (κ1) is 33.7. The maximum absolute atomic E-state index is 12.9. The van der Waals surface area contributed by atoms with Crippen molar-refractivity contribution in [2.24, 2.45) is 51.3 Å². The first-order valence-corrected chi connectivity index (χ1v) is 18.2. The normalized spacial score (nSPS) is 41.1. The van der Waals surface area contributed by atoms with Crippen molar-refractivity contribution in [1.29, 1.82) is 0 Å². The third kappa shape index (κ3) is 6.35. The number of allylic oxidation sites excluding steroid dienone is 1. The van der Waals surface area contributed by atoms with Gasteiger partial charge in [0, 0.05) is 12.8 Å². The van der Waals surface area contributed by atoms with E-state index < -0.39 is 30.6 Å². The van der Waals surface area contributed by atoms with Crippen molar-refractivity contribution < 1.29 is 29.3 Å². The number of guanidine groups is 1. The third-order valence-corrected chi connectivity index (χ3v) is 13.4. The number of rotatable bonds is 8. The molecule has 0 bridgehead atoms. The van der Waals surface area contributed by atoms with Gasteiger partial charge in [0.2, 0.25) is 5.96 Å². The van der Waals surface area contributed by atoms with E-state index in [2.05, 4.69) is 56.3 Å². The van der Waals surface area contributed by atoms with Crippen LogP contribution in [-0.4, -0.2) is 71.0 Å². The van der Waals surface area contributed by atoms with Gasteiger partial charge < -0.3 is 19.7 Å². The molecule has 1 saturated heterocycles. The number of urea groups is 1. The van der Waals surface area contributed by atoms with Crippen LogP contribution in [0.5, 0.6) is 0 Å². The molecule has 6 rings (SSSR count). The second-order valence-electron chi connectivity index (χ2n) is 16.3. The molecule has 11 atom stereocenters. The summed E-state index contributed by atoms with van der Waals surface area (Å²) in [7, 11) is 0. The molecule has 46 heavy (non-hydrogen) atoms. The Morgan fingerprint density at radius 1 is 1.17 bits per heavy atom. The molecule has 3 unspecified atom stereocenters. The van der Waals surface area contributed by atoms with Gasteiger partial charge in [0.25, 0.3) is 0 Å². The van der Waals surface area contributed by atoms with Crippen LogP contribution in [0.25, 0.3) is 0 Å². The zero-order valence-electron chi connectivity index (χ0n) is 28.7. The molecule has 258 valence electrons. The van der Waals surface area contributed by atoms with Crippen LogP contribution in [-0.2, 0) is 9.47 Å². The second kappa shape index (κ2) is 13.4. The van der Waals surface area contributed by atoms with Crippen LogP contribution < -0.4 is 10.6 Å². The molecule has 2 aliphatic heterocycles. The molecule has 3 amide bonds. The Morgan fingerprint density at radius 3 is 2.70 bits per heavy atom. The van der Waals surface area contributed by atoms with Crippen molar-refractivity contribution in [3.8, 4) is 0 Å². The highest BCUT2D eigenvalue weighted by Gasteiger charge is 2.59. The number of hydrogen-bond donors (Lipinski definition) is 4. The predicted molar refractivity (Wildman–Crippen MR) is 175 cm³/mol. The number of nitrogens with one attached hydrogen (secondary N) is 2. The van der Waals surface area contributed by atoms with Crippen molar-refractivity contribution in [3.63, 3.8) is 0 Å². The number of fused-ring (bicyclic) bond motifs is 5. The second-order valence-corrected chi connectivity index (χ2v) is 16.3. The fraction of sp³-hybridized carbons (Fsp3) is 0.861. The fourth-order valence-corrected chi connectivity index (χ4v) is 10.8. The summed E-state index contributed by atoms with van der Waals surface area (Å²) in [4.78, 5) is 31.2. The average molecular weight is 643 g/mol. The lowest BCUT2D eigenvalue weighted by Gasteiger charge is -2.58. The third-order valence-electron chi connectivity index (χ3n) is 13.4. The molecule has 10 nitrogen and oxygen atoms in total. The summed E-state index contributed by atoms with van der Waals surface area (Å²) >= 11 is 0. The molecule has 0 aromatic heterocycles. The fourth-order valence-electron chi connectivity index (χ4n) is 10.8. The number of ether oxygens (including phenoxy) is 2. The minimum absolute atomic E-state index is 0.0357. The average Bonchev–Trinajstić information content (AvgIpc) is 3.56. The molecule has 3 saturated carbocycles. The first-order valence-electron chi connectivity index (χ1n) is 18.2. The van der Waals surface area contributed by atoms with Gasteiger partial charge >= 0.3 is 12.1 Å². The van der Waals surface area contributed by atoms with E-state index in [-0.39, 0.29) is 37.2 Å². The number of hydrogen-bond acceptors (Lipinski definition) is 7. The van der Waals surface area contributed by atoms with Crippen molar-refractivity contribution >= 4 is 18.1 Å². The minimum Gasteiger partial charge on any atom is -0.446 e. The number of alkyl carbamates (subject to hydrolysis) is 1. The lowest BCUT2D eigenvalue weighted by atomic mass is 9.47. The van der Waals surface area contributed by atoms with Gasteiger partial charge in [0.15, 0.2) is 0 Å². The Balaban J connectivity index is 1.02. The summed E-state index contributed by atoms with van der Waals surface area (Å²) in [5, 5.41) is 24.5. The van der Waals surface area contributed by atoms with E-state index >= 15 is 0 Å². The Labute approximate surface area is 275 Å². The van der Waals surface area contributed by atoms with Gasteiger partial charge in [-0.3, -0.25) is 15.5 Å². The van der Waals surface area contributed by atoms with Crippen LogP contribution in [0.2, 0.25) is 0 Å². The Bertz CT molecular complexity index is 1210. The first-order chi connectivity index (χ1) is 21.9. The molecule has 0 aromatic rings. The highest BCUT2D eigenvalue weighted by molar-refractivity contribution is 6.03. The van der Waals surface area contributed by atoms with Crippen molar-refractivity contribution in [2.75, 3.05) is 13.3 Å². The summed E-state index contributed by atoms with van der Waals surface area (Å²) in [6, 6.07) is -0.491. The number of nitrogens with zero attached hydrogens (tertiary/aromatic N) is 2. The Kier molecular flexibility index (Phi) is 9.81. The van der Waals surface area contributed by atoms with Crippen molar-refractivity contribution in [3.05, 3.63) is 11.6 Å². The Hall–Kier alpha value is -2.17. The molecule has 4 aliphatic carbocycles. The van der Waals surface area contributed by atoms with E-state index in [0.717, 1.165) is 55.3 Å². The monoisotopic (exact) mass is 642 g/mol. The minimum atomic E-state index is -0.852. The van der Waals surface area contributed by atoms with Crippen LogP contribution >= 0.6 is 0 Å². The van der Waals surface area contributed by atoms with Gasteiger partial charge in [-0.25, -0.2) is 14.6 Å². The lowest BCUT2D eigenvalue weighted by Crippen LogP contribution is -2.56. The predicted octanol–water partition coefficient (Wildman–Crippen LogP) is 5.93. The molecule has 0 spiro atoms. The van der Waals surface area contributed by atoms with E-state index in [1.807, 2.05) is 0 Å². The molecule has 2 heterocycles. The summed E-state index contributed by atoms with van der Waals surface area (Å²) in [6.45, 7) is 12.0. The summed E-state index contributed by atoms with van der Waals surface area (Å²) in [6.07, 6.45) is 12.9. The SMILES string of the molecule is CC(C)CCC[C@@H](C)[C@H]1CC[C@H]2[C@@H]3CC=C4C[C@@H](OC(=O)NC5=NCN(C6CC(O)C(CO)O6)C(=O)N5)CC[C@]4(C)[C@H]3CC[C@]12C. The number of aliphatic imine (C=N–C) groups is 1. The molecule has 0 radical (unpaired) electrons. The maximum Gasteiger partial charge on any atom is 0.414 e.